The standard InChI is InChI=1S/C16H16BrNO2S/c1-10-2-8-13(9-3-10)21(19,20)16-14(15(16)18)11-4-6-12(17)7-5-11/h2-9,14-16H,18H2,1H3/t14-,15-,16-/m0/s1. The number of nitrogens with two attached hydrogens (primary N) is 1. The molecule has 0 saturated heterocycles. The summed E-state index contributed by atoms with van der Waals surface area (Å²) in [6.07, 6.45) is 0. The number of benzene rings is 2. The normalized spacial score (nSPS) is 24.8. The molecule has 110 valence electrons. The fourth-order valence-electron chi connectivity index (χ4n) is 2.69. The topological polar surface area (TPSA) is 60.2 Å². The van der Waals surface area contributed by atoms with Gasteiger partial charge in [0.05, 0.1) is 10.1 Å². The first-order valence-electron chi connectivity index (χ1n) is 6.73. The van der Waals surface area contributed by atoms with Gasteiger partial charge in [0, 0.05) is 16.4 Å². The van der Waals surface area contributed by atoms with Gasteiger partial charge in [0.1, 0.15) is 0 Å². The molecule has 2 aromatic rings. The molecular formula is C16H16BrNO2S. The van der Waals surface area contributed by atoms with Crippen molar-refractivity contribution in [1.29, 1.82) is 0 Å². The van der Waals surface area contributed by atoms with Gasteiger partial charge in [-0.2, -0.15) is 0 Å². The first-order valence-corrected chi connectivity index (χ1v) is 9.07. The molecule has 3 nitrogen and oxygen atoms in total. The van der Waals surface area contributed by atoms with E-state index in [-0.39, 0.29) is 12.0 Å². The lowest BCUT2D eigenvalue weighted by Gasteiger charge is -2.04. The van der Waals surface area contributed by atoms with Crippen LogP contribution >= 0.6 is 15.9 Å². The number of sulfone groups is 1. The maximum atomic E-state index is 12.7. The third-order valence-corrected chi connectivity index (χ3v) is 6.75. The number of halogens is 1. The fraction of sp³-hybridized carbons (Fsp3) is 0.250. The van der Waals surface area contributed by atoms with Crippen LogP contribution in [0.5, 0.6) is 0 Å². The lowest BCUT2D eigenvalue weighted by atomic mass is 10.1. The van der Waals surface area contributed by atoms with E-state index >= 15 is 0 Å². The van der Waals surface area contributed by atoms with Crippen molar-refractivity contribution in [3.05, 3.63) is 64.1 Å². The summed E-state index contributed by atoms with van der Waals surface area (Å²) in [6.45, 7) is 1.93. The van der Waals surface area contributed by atoms with Crippen molar-refractivity contribution in [1.82, 2.24) is 0 Å². The molecule has 5 heteroatoms. The molecule has 0 bridgehead atoms. The summed E-state index contributed by atoms with van der Waals surface area (Å²) in [4.78, 5) is 0.355. The van der Waals surface area contributed by atoms with E-state index < -0.39 is 15.1 Å². The zero-order valence-corrected chi connectivity index (χ0v) is 13.9. The highest BCUT2D eigenvalue weighted by Gasteiger charge is 2.57. The maximum Gasteiger partial charge on any atom is 0.183 e. The zero-order valence-electron chi connectivity index (χ0n) is 11.5. The summed E-state index contributed by atoms with van der Waals surface area (Å²) in [5.74, 6) is -0.121. The fourth-order valence-corrected chi connectivity index (χ4v) is 5.00. The van der Waals surface area contributed by atoms with Crippen LogP contribution in [0, 0.1) is 6.92 Å². The molecule has 0 heterocycles. The molecule has 1 aliphatic carbocycles. The number of hydrogen-bond donors (Lipinski definition) is 1. The summed E-state index contributed by atoms with van der Waals surface area (Å²) in [5.41, 5.74) is 8.06. The average Bonchev–Trinajstić information content (AvgIpc) is 3.12. The van der Waals surface area contributed by atoms with Gasteiger partial charge in [-0.1, -0.05) is 45.8 Å². The van der Waals surface area contributed by atoms with E-state index in [1.807, 2.05) is 43.3 Å². The van der Waals surface area contributed by atoms with Gasteiger partial charge in [-0.15, -0.1) is 0 Å². The quantitative estimate of drug-likeness (QED) is 0.909. The van der Waals surface area contributed by atoms with Gasteiger partial charge in [-0.25, -0.2) is 8.42 Å². The Bertz CT molecular complexity index is 754. The third kappa shape index (κ3) is 2.65. The van der Waals surface area contributed by atoms with Crippen LogP contribution in [-0.2, 0) is 9.84 Å². The molecule has 3 rings (SSSR count). The monoisotopic (exact) mass is 365 g/mol. The Morgan fingerprint density at radius 1 is 1.00 bits per heavy atom. The SMILES string of the molecule is Cc1ccc(S(=O)(=O)[C@@H]2[C@@H](N)[C@@H]2c2ccc(Br)cc2)cc1. The van der Waals surface area contributed by atoms with Crippen LogP contribution in [0.15, 0.2) is 57.9 Å². The summed E-state index contributed by atoms with van der Waals surface area (Å²) in [5, 5.41) is -0.526. The molecule has 21 heavy (non-hydrogen) atoms. The molecule has 0 spiro atoms. The second-order valence-electron chi connectivity index (χ2n) is 5.48. The summed E-state index contributed by atoms with van der Waals surface area (Å²) >= 11 is 3.38. The highest BCUT2D eigenvalue weighted by molar-refractivity contribution is 9.10. The van der Waals surface area contributed by atoms with E-state index in [1.165, 1.54) is 0 Å². The Morgan fingerprint density at radius 2 is 1.57 bits per heavy atom. The van der Waals surface area contributed by atoms with Gasteiger partial charge in [0.25, 0.3) is 0 Å². The van der Waals surface area contributed by atoms with E-state index in [0.717, 1.165) is 15.6 Å². The molecule has 0 unspecified atom stereocenters. The van der Waals surface area contributed by atoms with Crippen molar-refractivity contribution in [2.24, 2.45) is 5.73 Å². The minimum Gasteiger partial charge on any atom is -0.326 e. The molecule has 3 atom stereocenters. The van der Waals surface area contributed by atoms with E-state index in [1.54, 1.807) is 12.1 Å². The number of hydrogen-bond acceptors (Lipinski definition) is 3. The predicted octanol–water partition coefficient (Wildman–Crippen LogP) is 3.02. The molecule has 0 aromatic heterocycles. The molecular weight excluding hydrogens is 350 g/mol. The second-order valence-corrected chi connectivity index (χ2v) is 8.50. The van der Waals surface area contributed by atoms with Gasteiger partial charge in [-0.05, 0) is 36.8 Å². The maximum absolute atomic E-state index is 12.7. The molecule has 2 aromatic carbocycles. The zero-order chi connectivity index (χ0) is 15.2. The van der Waals surface area contributed by atoms with Crippen LogP contribution in [0.4, 0.5) is 0 Å². The van der Waals surface area contributed by atoms with Crippen LogP contribution in [0.25, 0.3) is 0 Å². The Balaban J connectivity index is 1.91. The molecule has 0 aliphatic heterocycles. The Labute approximate surface area is 133 Å². The van der Waals surface area contributed by atoms with Crippen molar-refractivity contribution in [3.63, 3.8) is 0 Å². The minimum absolute atomic E-state index is 0.121. The number of rotatable bonds is 3. The Kier molecular flexibility index (Phi) is 3.67. The van der Waals surface area contributed by atoms with Crippen LogP contribution in [-0.4, -0.2) is 19.7 Å². The van der Waals surface area contributed by atoms with Gasteiger partial charge in [0.15, 0.2) is 9.84 Å². The van der Waals surface area contributed by atoms with E-state index in [9.17, 15) is 8.42 Å². The van der Waals surface area contributed by atoms with Gasteiger partial charge < -0.3 is 5.73 Å². The van der Waals surface area contributed by atoms with E-state index in [2.05, 4.69) is 15.9 Å². The van der Waals surface area contributed by atoms with Crippen molar-refractivity contribution < 1.29 is 8.42 Å². The smallest absolute Gasteiger partial charge is 0.183 e. The first-order chi connectivity index (χ1) is 9.91. The van der Waals surface area contributed by atoms with Crippen molar-refractivity contribution in [2.45, 2.75) is 29.0 Å². The van der Waals surface area contributed by atoms with Gasteiger partial charge in [-0.3, -0.25) is 0 Å². The lowest BCUT2D eigenvalue weighted by Crippen LogP contribution is -2.15. The number of aryl methyl sites for hydroxylation is 1. The van der Waals surface area contributed by atoms with Gasteiger partial charge in [0.2, 0.25) is 0 Å². The Morgan fingerprint density at radius 3 is 2.14 bits per heavy atom. The molecule has 0 amide bonds. The van der Waals surface area contributed by atoms with E-state index in [4.69, 9.17) is 5.73 Å². The highest BCUT2D eigenvalue weighted by Crippen LogP contribution is 2.47. The molecule has 0 radical (unpaired) electrons. The van der Waals surface area contributed by atoms with Crippen molar-refractivity contribution in [3.8, 4) is 0 Å². The first kappa shape index (κ1) is 14.8. The van der Waals surface area contributed by atoms with Crippen LogP contribution < -0.4 is 5.73 Å². The lowest BCUT2D eigenvalue weighted by molar-refractivity contribution is 0.593. The second kappa shape index (κ2) is 5.23. The van der Waals surface area contributed by atoms with Crippen LogP contribution in [0.2, 0.25) is 0 Å². The predicted molar refractivity (Wildman–Crippen MR) is 87.0 cm³/mol. The summed E-state index contributed by atoms with van der Waals surface area (Å²) < 4.78 is 26.3. The molecule has 1 aliphatic rings. The molecule has 2 N–H and O–H groups in total. The third-order valence-electron chi connectivity index (χ3n) is 3.97. The highest BCUT2D eigenvalue weighted by atomic mass is 79.9. The van der Waals surface area contributed by atoms with E-state index in [0.29, 0.717) is 4.90 Å². The van der Waals surface area contributed by atoms with Crippen molar-refractivity contribution >= 4 is 25.8 Å². The Hall–Kier alpha value is -1.17. The summed E-state index contributed by atoms with van der Waals surface area (Å²) in [6, 6.07) is 14.3. The van der Waals surface area contributed by atoms with Gasteiger partial charge >= 0.3 is 0 Å². The van der Waals surface area contributed by atoms with Crippen molar-refractivity contribution in [2.75, 3.05) is 0 Å². The largest absolute Gasteiger partial charge is 0.326 e. The minimum atomic E-state index is -3.38. The van der Waals surface area contributed by atoms with Crippen LogP contribution in [0.1, 0.15) is 17.0 Å². The van der Waals surface area contributed by atoms with Crippen LogP contribution in [0.3, 0.4) is 0 Å². The summed E-state index contributed by atoms with van der Waals surface area (Å²) in [7, 11) is -3.38. The molecule has 1 fully saturated rings. The average molecular weight is 366 g/mol. The molecule has 1 saturated carbocycles.